The Bertz CT molecular complexity index is 572. The minimum Gasteiger partial charge on any atom is -0.309 e. The first-order chi connectivity index (χ1) is 10.2. The summed E-state index contributed by atoms with van der Waals surface area (Å²) in [7, 11) is 0. The summed E-state index contributed by atoms with van der Waals surface area (Å²) in [5, 5.41) is 5.45. The average Bonchev–Trinajstić information content (AvgIpc) is 3.15. The number of thioether (sulfide) groups is 1. The third-order valence-electron chi connectivity index (χ3n) is 3.63. The quantitative estimate of drug-likeness (QED) is 0.851. The van der Waals surface area contributed by atoms with Crippen LogP contribution in [0.5, 0.6) is 0 Å². The van der Waals surface area contributed by atoms with E-state index >= 15 is 0 Å². The Hall–Kier alpha value is -0.840. The van der Waals surface area contributed by atoms with Crippen molar-refractivity contribution in [1.29, 1.82) is 0 Å². The smallest absolute Gasteiger partial charge is 0.107 e. The Morgan fingerprint density at radius 2 is 2.10 bits per heavy atom. The topological polar surface area (TPSA) is 24.9 Å². The number of aromatic nitrogens is 1. The fourth-order valence-electron chi connectivity index (χ4n) is 2.52. The first kappa shape index (κ1) is 15.1. The van der Waals surface area contributed by atoms with Crippen molar-refractivity contribution in [2.75, 3.05) is 5.75 Å². The second-order valence-corrected chi connectivity index (χ2v) is 8.07. The van der Waals surface area contributed by atoms with Gasteiger partial charge in [0, 0.05) is 12.6 Å². The number of nitrogens with zero attached hydrogens (tertiary/aromatic N) is 1. The van der Waals surface area contributed by atoms with Crippen LogP contribution in [-0.2, 0) is 6.54 Å². The first-order valence-electron chi connectivity index (χ1n) is 7.64. The number of rotatable bonds is 5. The predicted octanol–water partition coefficient (Wildman–Crippen LogP) is 4.88. The van der Waals surface area contributed by atoms with Crippen LogP contribution in [0, 0.1) is 0 Å². The maximum absolute atomic E-state index is 4.98. The van der Waals surface area contributed by atoms with Crippen LogP contribution in [0.15, 0.2) is 30.3 Å². The number of hydrogen-bond donors (Lipinski definition) is 1. The molecular weight excluding hydrogens is 296 g/mol. The lowest BCUT2D eigenvalue weighted by atomic mass is 10.1. The van der Waals surface area contributed by atoms with E-state index < -0.39 is 0 Å². The van der Waals surface area contributed by atoms with Gasteiger partial charge in [0.1, 0.15) is 5.01 Å². The fraction of sp³-hybridized carbons (Fsp3) is 0.471. The van der Waals surface area contributed by atoms with Gasteiger partial charge in [-0.25, -0.2) is 4.98 Å². The van der Waals surface area contributed by atoms with E-state index in [2.05, 4.69) is 61.3 Å². The van der Waals surface area contributed by atoms with Crippen molar-refractivity contribution < 1.29 is 0 Å². The van der Waals surface area contributed by atoms with Crippen molar-refractivity contribution >= 4 is 23.1 Å². The number of hydrogen-bond acceptors (Lipinski definition) is 4. The van der Waals surface area contributed by atoms with Gasteiger partial charge in [0.2, 0.25) is 0 Å². The maximum Gasteiger partial charge on any atom is 0.107 e. The SMILES string of the molecule is CC(C)NCc1nc(C2CCCS2)sc1-c1ccccc1. The lowest BCUT2D eigenvalue weighted by Gasteiger charge is -2.07. The first-order valence-corrected chi connectivity index (χ1v) is 9.50. The van der Waals surface area contributed by atoms with E-state index in [0.717, 1.165) is 6.54 Å². The zero-order chi connectivity index (χ0) is 14.7. The molecule has 1 aliphatic rings. The molecule has 0 spiro atoms. The van der Waals surface area contributed by atoms with Crippen LogP contribution in [0.2, 0.25) is 0 Å². The van der Waals surface area contributed by atoms with Crippen molar-refractivity contribution in [1.82, 2.24) is 10.3 Å². The Labute approximate surface area is 135 Å². The molecular formula is C17H22N2S2. The molecule has 4 heteroatoms. The molecule has 1 aliphatic heterocycles. The van der Waals surface area contributed by atoms with Gasteiger partial charge in [0.05, 0.1) is 15.8 Å². The van der Waals surface area contributed by atoms with Crippen molar-refractivity contribution in [2.45, 2.75) is 44.5 Å². The molecule has 1 N–H and O–H groups in total. The highest BCUT2D eigenvalue weighted by Crippen LogP contribution is 2.44. The van der Waals surface area contributed by atoms with Crippen LogP contribution >= 0.6 is 23.1 Å². The highest BCUT2D eigenvalue weighted by Gasteiger charge is 2.23. The molecule has 112 valence electrons. The van der Waals surface area contributed by atoms with Crippen LogP contribution in [-0.4, -0.2) is 16.8 Å². The molecule has 0 aliphatic carbocycles. The lowest BCUT2D eigenvalue weighted by Crippen LogP contribution is -2.22. The second-order valence-electron chi connectivity index (χ2n) is 5.73. The molecule has 1 saturated heterocycles. The molecule has 3 rings (SSSR count). The molecule has 2 nitrogen and oxygen atoms in total. The summed E-state index contributed by atoms with van der Waals surface area (Å²) in [4.78, 5) is 6.31. The Morgan fingerprint density at radius 1 is 1.29 bits per heavy atom. The van der Waals surface area contributed by atoms with Gasteiger partial charge in [-0.1, -0.05) is 44.2 Å². The van der Waals surface area contributed by atoms with Gasteiger partial charge in [0.15, 0.2) is 0 Å². The Balaban J connectivity index is 1.91. The van der Waals surface area contributed by atoms with Gasteiger partial charge in [-0.3, -0.25) is 0 Å². The van der Waals surface area contributed by atoms with Gasteiger partial charge in [0.25, 0.3) is 0 Å². The van der Waals surface area contributed by atoms with E-state index in [1.165, 1.54) is 39.7 Å². The van der Waals surface area contributed by atoms with Crippen LogP contribution < -0.4 is 5.32 Å². The molecule has 1 fully saturated rings. The van der Waals surface area contributed by atoms with Gasteiger partial charge >= 0.3 is 0 Å². The average molecular weight is 319 g/mol. The van der Waals surface area contributed by atoms with Crippen molar-refractivity contribution in [3.63, 3.8) is 0 Å². The molecule has 0 radical (unpaired) electrons. The Morgan fingerprint density at radius 3 is 2.76 bits per heavy atom. The van der Waals surface area contributed by atoms with E-state index in [0.29, 0.717) is 11.3 Å². The third-order valence-corrected chi connectivity index (χ3v) is 6.43. The fourth-order valence-corrected chi connectivity index (χ4v) is 5.11. The van der Waals surface area contributed by atoms with Crippen molar-refractivity contribution in [3.05, 3.63) is 41.0 Å². The van der Waals surface area contributed by atoms with Crippen LogP contribution in [0.1, 0.15) is 42.6 Å². The molecule has 0 bridgehead atoms. The standard InChI is InChI=1S/C17H22N2S2/c1-12(2)18-11-14-16(13-7-4-3-5-8-13)21-17(19-14)15-9-6-10-20-15/h3-5,7-8,12,15,18H,6,9-11H2,1-2H3. The van der Waals surface area contributed by atoms with E-state index in [-0.39, 0.29) is 0 Å². The summed E-state index contributed by atoms with van der Waals surface area (Å²) in [6, 6.07) is 11.2. The zero-order valence-electron chi connectivity index (χ0n) is 12.6. The van der Waals surface area contributed by atoms with Gasteiger partial charge in [-0.2, -0.15) is 11.8 Å². The maximum atomic E-state index is 4.98. The minimum atomic E-state index is 0.486. The van der Waals surface area contributed by atoms with Crippen LogP contribution in [0.3, 0.4) is 0 Å². The normalized spacial score (nSPS) is 18.5. The monoisotopic (exact) mass is 318 g/mol. The van der Waals surface area contributed by atoms with E-state index in [1.54, 1.807) is 0 Å². The zero-order valence-corrected chi connectivity index (χ0v) is 14.3. The second kappa shape index (κ2) is 6.95. The highest BCUT2D eigenvalue weighted by molar-refractivity contribution is 7.99. The summed E-state index contributed by atoms with van der Waals surface area (Å²) in [6.45, 7) is 5.22. The van der Waals surface area contributed by atoms with Crippen molar-refractivity contribution in [3.8, 4) is 10.4 Å². The summed E-state index contributed by atoms with van der Waals surface area (Å²) < 4.78 is 0. The summed E-state index contributed by atoms with van der Waals surface area (Å²) in [5.74, 6) is 1.28. The predicted molar refractivity (Wildman–Crippen MR) is 94.0 cm³/mol. The third kappa shape index (κ3) is 3.68. The van der Waals surface area contributed by atoms with Crippen LogP contribution in [0.25, 0.3) is 10.4 Å². The largest absolute Gasteiger partial charge is 0.309 e. The summed E-state index contributed by atoms with van der Waals surface area (Å²) >= 11 is 3.95. The van der Waals surface area contributed by atoms with Gasteiger partial charge in [-0.05, 0) is 24.2 Å². The molecule has 0 saturated carbocycles. The van der Waals surface area contributed by atoms with E-state index in [4.69, 9.17) is 4.98 Å². The molecule has 1 unspecified atom stereocenters. The van der Waals surface area contributed by atoms with Crippen LogP contribution in [0.4, 0.5) is 0 Å². The Kier molecular flexibility index (Phi) is 4.99. The molecule has 1 aromatic heterocycles. The van der Waals surface area contributed by atoms with Gasteiger partial charge in [-0.15, -0.1) is 11.3 Å². The lowest BCUT2D eigenvalue weighted by molar-refractivity contribution is 0.582. The molecule has 1 aromatic carbocycles. The van der Waals surface area contributed by atoms with E-state index in [1.807, 2.05) is 11.3 Å². The molecule has 21 heavy (non-hydrogen) atoms. The summed E-state index contributed by atoms with van der Waals surface area (Å²) in [5.41, 5.74) is 2.51. The van der Waals surface area contributed by atoms with Gasteiger partial charge < -0.3 is 5.32 Å². The highest BCUT2D eigenvalue weighted by atomic mass is 32.2. The molecule has 1 atom stereocenters. The number of benzene rings is 1. The van der Waals surface area contributed by atoms with E-state index in [9.17, 15) is 0 Å². The van der Waals surface area contributed by atoms with Crippen molar-refractivity contribution in [2.24, 2.45) is 0 Å². The summed E-state index contributed by atoms with van der Waals surface area (Å²) in [6.07, 6.45) is 2.61. The molecule has 2 aromatic rings. The minimum absolute atomic E-state index is 0.486. The molecule has 2 heterocycles. The number of nitrogens with one attached hydrogen (secondary N) is 1. The molecule has 0 amide bonds. The number of thiazole rings is 1.